The van der Waals surface area contributed by atoms with Crippen LogP contribution in [-0.4, -0.2) is 36.0 Å². The van der Waals surface area contributed by atoms with E-state index in [-0.39, 0.29) is 6.61 Å². The molecule has 0 atom stereocenters. The molecule has 0 radical (unpaired) electrons. The van der Waals surface area contributed by atoms with Gasteiger partial charge in [-0.2, -0.15) is 0 Å². The summed E-state index contributed by atoms with van der Waals surface area (Å²) in [7, 11) is 0. The largest absolute Gasteiger partial charge is 0.481 e. The zero-order valence-electron chi connectivity index (χ0n) is 13.4. The molecule has 0 heterocycles. The van der Waals surface area contributed by atoms with E-state index < -0.39 is 5.97 Å². The molecule has 0 aliphatic rings. The Morgan fingerprint density at radius 1 is 0.900 bits per heavy atom. The Bertz CT molecular complexity index is 179. The van der Waals surface area contributed by atoms with Crippen molar-refractivity contribution < 1.29 is 19.7 Å². The second-order valence-electron chi connectivity index (χ2n) is 4.89. The highest BCUT2D eigenvalue weighted by Gasteiger charge is 1.96. The van der Waals surface area contributed by atoms with Gasteiger partial charge in [-0.05, 0) is 13.3 Å². The topological polar surface area (TPSA) is 66.8 Å². The molecule has 4 heteroatoms. The fraction of sp³-hybridized carbons (Fsp3) is 0.938. The van der Waals surface area contributed by atoms with Gasteiger partial charge in [-0.25, -0.2) is 0 Å². The number of hydrogen-bond donors (Lipinski definition) is 2. The number of aliphatic hydroxyl groups is 1. The zero-order chi connectivity index (χ0) is 15.5. The van der Waals surface area contributed by atoms with Gasteiger partial charge in [0, 0.05) is 13.0 Å². The van der Waals surface area contributed by atoms with Gasteiger partial charge in [0.2, 0.25) is 0 Å². The molecule has 122 valence electrons. The first-order valence-corrected chi connectivity index (χ1v) is 8.09. The minimum Gasteiger partial charge on any atom is -0.481 e. The lowest BCUT2D eigenvalue weighted by Gasteiger charge is -2.00. The normalized spacial score (nSPS) is 9.95. The number of aliphatic hydroxyl groups excluding tert-OH is 1. The molecule has 0 saturated carbocycles. The molecule has 4 nitrogen and oxygen atoms in total. The van der Waals surface area contributed by atoms with Gasteiger partial charge in [0.15, 0.2) is 0 Å². The van der Waals surface area contributed by atoms with Crippen LogP contribution in [0.2, 0.25) is 0 Å². The number of ether oxygens (including phenoxy) is 1. The molecular weight excluding hydrogens is 256 g/mol. The van der Waals surface area contributed by atoms with Crippen molar-refractivity contribution in [3.8, 4) is 0 Å². The Balaban J connectivity index is 0. The van der Waals surface area contributed by atoms with Crippen LogP contribution in [0.3, 0.4) is 0 Å². The molecule has 0 fully saturated rings. The Hall–Kier alpha value is -0.610. The van der Waals surface area contributed by atoms with Crippen LogP contribution < -0.4 is 0 Å². The predicted molar refractivity (Wildman–Crippen MR) is 83.1 cm³/mol. The number of carboxylic acids is 1. The molecule has 0 aliphatic carbocycles. The van der Waals surface area contributed by atoms with E-state index >= 15 is 0 Å². The highest BCUT2D eigenvalue weighted by molar-refractivity contribution is 5.66. The molecule has 0 rings (SSSR count). The number of carboxylic acid groups (broad SMARTS) is 1. The van der Waals surface area contributed by atoms with E-state index in [1.165, 1.54) is 44.9 Å². The van der Waals surface area contributed by atoms with Crippen molar-refractivity contribution in [3.63, 3.8) is 0 Å². The molecule has 0 saturated heterocycles. The van der Waals surface area contributed by atoms with E-state index in [4.69, 9.17) is 14.9 Å². The lowest BCUT2D eigenvalue weighted by molar-refractivity contribution is -0.137. The SMILES string of the molecule is CCCCCCCCCCCC(=O)O.CCOCCO. The van der Waals surface area contributed by atoms with Crippen LogP contribution in [-0.2, 0) is 9.53 Å². The molecule has 20 heavy (non-hydrogen) atoms. The smallest absolute Gasteiger partial charge is 0.303 e. The van der Waals surface area contributed by atoms with Crippen molar-refractivity contribution in [3.05, 3.63) is 0 Å². The maximum absolute atomic E-state index is 10.2. The minimum absolute atomic E-state index is 0.133. The summed E-state index contributed by atoms with van der Waals surface area (Å²) in [4.78, 5) is 10.2. The average molecular weight is 290 g/mol. The van der Waals surface area contributed by atoms with Gasteiger partial charge in [-0.15, -0.1) is 0 Å². The molecule has 0 amide bonds. The van der Waals surface area contributed by atoms with Crippen LogP contribution >= 0.6 is 0 Å². The van der Waals surface area contributed by atoms with E-state index in [0.717, 1.165) is 12.8 Å². The lowest BCUT2D eigenvalue weighted by atomic mass is 10.1. The second kappa shape index (κ2) is 20.7. The summed E-state index contributed by atoms with van der Waals surface area (Å²) in [6, 6.07) is 0. The minimum atomic E-state index is -0.659. The Labute approximate surface area is 124 Å². The van der Waals surface area contributed by atoms with Crippen molar-refractivity contribution in [2.45, 2.75) is 78.1 Å². The van der Waals surface area contributed by atoms with Crippen molar-refractivity contribution in [2.24, 2.45) is 0 Å². The fourth-order valence-corrected chi connectivity index (χ4v) is 1.80. The van der Waals surface area contributed by atoms with E-state index in [2.05, 4.69) is 6.92 Å². The maximum atomic E-state index is 10.2. The molecule has 0 aromatic carbocycles. The van der Waals surface area contributed by atoms with E-state index in [0.29, 0.717) is 19.6 Å². The van der Waals surface area contributed by atoms with Crippen molar-refractivity contribution >= 4 is 5.97 Å². The number of carbonyl (C=O) groups is 1. The predicted octanol–water partition coefficient (Wildman–Crippen LogP) is 4.01. The summed E-state index contributed by atoms with van der Waals surface area (Å²) < 4.78 is 4.73. The van der Waals surface area contributed by atoms with E-state index in [1.807, 2.05) is 6.92 Å². The summed E-state index contributed by atoms with van der Waals surface area (Å²) in [5, 5.41) is 16.5. The van der Waals surface area contributed by atoms with Crippen LogP contribution in [0.1, 0.15) is 78.1 Å². The Morgan fingerprint density at radius 3 is 1.75 bits per heavy atom. The summed E-state index contributed by atoms with van der Waals surface area (Å²) in [5.74, 6) is -0.659. The van der Waals surface area contributed by atoms with Crippen LogP contribution in [0.5, 0.6) is 0 Å². The molecule has 0 aromatic heterocycles. The first kappa shape index (κ1) is 21.7. The van der Waals surface area contributed by atoms with E-state index in [9.17, 15) is 4.79 Å². The van der Waals surface area contributed by atoms with Gasteiger partial charge in [-0.3, -0.25) is 4.79 Å². The summed E-state index contributed by atoms with van der Waals surface area (Å²) in [5.41, 5.74) is 0. The number of hydrogen-bond acceptors (Lipinski definition) is 3. The van der Waals surface area contributed by atoms with Crippen molar-refractivity contribution in [1.82, 2.24) is 0 Å². The number of unbranched alkanes of at least 4 members (excludes halogenated alkanes) is 8. The van der Waals surface area contributed by atoms with Gasteiger partial charge >= 0.3 is 5.97 Å². The average Bonchev–Trinajstić information content (AvgIpc) is 2.43. The highest BCUT2D eigenvalue weighted by Crippen LogP contribution is 2.10. The van der Waals surface area contributed by atoms with Gasteiger partial charge < -0.3 is 14.9 Å². The maximum Gasteiger partial charge on any atom is 0.303 e. The van der Waals surface area contributed by atoms with Crippen molar-refractivity contribution in [1.29, 1.82) is 0 Å². The molecule has 0 aliphatic heterocycles. The molecule has 0 aromatic rings. The highest BCUT2D eigenvalue weighted by atomic mass is 16.5. The lowest BCUT2D eigenvalue weighted by Crippen LogP contribution is -1.96. The quantitative estimate of drug-likeness (QED) is 0.503. The second-order valence-corrected chi connectivity index (χ2v) is 4.89. The van der Waals surface area contributed by atoms with Gasteiger partial charge in [0.05, 0.1) is 13.2 Å². The summed E-state index contributed by atoms with van der Waals surface area (Å²) >= 11 is 0. The van der Waals surface area contributed by atoms with Gasteiger partial charge in [0.1, 0.15) is 0 Å². The van der Waals surface area contributed by atoms with E-state index in [1.54, 1.807) is 0 Å². The van der Waals surface area contributed by atoms with Crippen LogP contribution in [0, 0.1) is 0 Å². The third-order valence-corrected chi connectivity index (χ3v) is 2.93. The molecule has 0 spiro atoms. The van der Waals surface area contributed by atoms with Crippen LogP contribution in [0.4, 0.5) is 0 Å². The first-order valence-electron chi connectivity index (χ1n) is 8.09. The first-order chi connectivity index (χ1) is 9.68. The standard InChI is InChI=1S/C12H24O2.C4H10O2/c1-2-3-4-5-6-7-8-9-10-11-12(13)14;1-2-6-4-3-5/h2-11H2,1H3,(H,13,14);5H,2-4H2,1H3. The zero-order valence-corrected chi connectivity index (χ0v) is 13.4. The molecule has 0 unspecified atom stereocenters. The van der Waals surface area contributed by atoms with Gasteiger partial charge in [0.25, 0.3) is 0 Å². The summed E-state index contributed by atoms with van der Waals surface area (Å²) in [6.07, 6.45) is 11.5. The van der Waals surface area contributed by atoms with Crippen molar-refractivity contribution in [2.75, 3.05) is 19.8 Å². The van der Waals surface area contributed by atoms with Gasteiger partial charge in [-0.1, -0.05) is 58.3 Å². The Kier molecular flexibility index (Phi) is 22.4. The third-order valence-electron chi connectivity index (χ3n) is 2.93. The number of rotatable bonds is 13. The molecular formula is C16H34O4. The van der Waals surface area contributed by atoms with Crippen LogP contribution in [0.25, 0.3) is 0 Å². The number of aliphatic carboxylic acids is 1. The van der Waals surface area contributed by atoms with Crippen LogP contribution in [0.15, 0.2) is 0 Å². The summed E-state index contributed by atoms with van der Waals surface area (Å²) in [6.45, 7) is 5.42. The fourth-order valence-electron chi connectivity index (χ4n) is 1.80. The Morgan fingerprint density at radius 2 is 1.40 bits per heavy atom. The third kappa shape index (κ3) is 26.1. The molecule has 0 bridgehead atoms. The molecule has 2 N–H and O–H groups in total. The monoisotopic (exact) mass is 290 g/mol.